The molecule has 1 aromatic rings. The van der Waals surface area contributed by atoms with Crippen LogP contribution < -0.4 is 5.32 Å². The van der Waals surface area contributed by atoms with E-state index in [4.69, 9.17) is 11.6 Å². The van der Waals surface area contributed by atoms with Crippen molar-refractivity contribution < 1.29 is 9.18 Å². The second-order valence-electron chi connectivity index (χ2n) is 4.27. The molecule has 16 heavy (non-hydrogen) atoms. The molecule has 0 aromatic heterocycles. The van der Waals surface area contributed by atoms with E-state index >= 15 is 0 Å². The van der Waals surface area contributed by atoms with Gasteiger partial charge in [0.25, 0.3) is 0 Å². The van der Waals surface area contributed by atoms with E-state index in [9.17, 15) is 9.18 Å². The van der Waals surface area contributed by atoms with Gasteiger partial charge in [-0.2, -0.15) is 0 Å². The van der Waals surface area contributed by atoms with Crippen LogP contribution in [0.3, 0.4) is 0 Å². The highest BCUT2D eigenvalue weighted by Crippen LogP contribution is 2.36. The molecule has 0 heterocycles. The van der Waals surface area contributed by atoms with Gasteiger partial charge in [-0.15, -0.1) is 11.6 Å². The zero-order chi connectivity index (χ0) is 11.6. The Balaban J connectivity index is 1.92. The van der Waals surface area contributed by atoms with Gasteiger partial charge in [-0.1, -0.05) is 12.1 Å². The quantitative estimate of drug-likeness (QED) is 0.805. The number of rotatable bonds is 4. The van der Waals surface area contributed by atoms with Crippen molar-refractivity contribution in [2.45, 2.75) is 24.8 Å². The molecular formula is C12H13ClFNO. The first-order chi connectivity index (χ1) is 7.63. The molecule has 0 radical (unpaired) electrons. The summed E-state index contributed by atoms with van der Waals surface area (Å²) in [6, 6.07) is 6.08. The predicted molar refractivity (Wildman–Crippen MR) is 60.9 cm³/mol. The lowest BCUT2D eigenvalue weighted by Crippen LogP contribution is -2.39. The molecular weight excluding hydrogens is 229 g/mol. The van der Waals surface area contributed by atoms with Crippen molar-refractivity contribution in [3.8, 4) is 0 Å². The number of amides is 1. The lowest BCUT2D eigenvalue weighted by molar-refractivity contribution is -0.121. The Hall–Kier alpha value is -1.09. The van der Waals surface area contributed by atoms with Crippen molar-refractivity contribution in [3.63, 3.8) is 0 Å². The minimum absolute atomic E-state index is 0.0937. The number of carbonyl (C=O) groups excluding carboxylic acids is 1. The van der Waals surface area contributed by atoms with Crippen LogP contribution in [0.5, 0.6) is 0 Å². The van der Waals surface area contributed by atoms with Gasteiger partial charge in [0, 0.05) is 5.88 Å². The Morgan fingerprint density at radius 1 is 1.50 bits per heavy atom. The summed E-state index contributed by atoms with van der Waals surface area (Å²) in [5.74, 6) is 0.0366. The van der Waals surface area contributed by atoms with Crippen LogP contribution in [0, 0.1) is 5.82 Å². The standard InChI is InChI=1S/C12H13ClFNO/c13-8-12(4-5-12)15-11(16)7-9-2-1-3-10(14)6-9/h1-3,6H,4-5,7-8H2,(H,15,16). The summed E-state index contributed by atoms with van der Waals surface area (Å²) in [6.07, 6.45) is 2.08. The van der Waals surface area contributed by atoms with Crippen LogP contribution >= 0.6 is 11.6 Å². The van der Waals surface area contributed by atoms with E-state index in [2.05, 4.69) is 5.32 Å². The summed E-state index contributed by atoms with van der Waals surface area (Å²) >= 11 is 5.75. The number of benzene rings is 1. The number of hydrogen-bond donors (Lipinski definition) is 1. The predicted octanol–water partition coefficient (Wildman–Crippen LogP) is 2.26. The van der Waals surface area contributed by atoms with Crippen LogP contribution in [-0.2, 0) is 11.2 Å². The fourth-order valence-electron chi connectivity index (χ4n) is 1.62. The van der Waals surface area contributed by atoms with Gasteiger partial charge < -0.3 is 5.32 Å². The molecule has 2 rings (SSSR count). The Labute approximate surface area is 98.8 Å². The van der Waals surface area contributed by atoms with Gasteiger partial charge in [0.05, 0.1) is 12.0 Å². The molecule has 1 amide bonds. The fraction of sp³-hybridized carbons (Fsp3) is 0.417. The molecule has 0 bridgehead atoms. The zero-order valence-electron chi connectivity index (χ0n) is 8.80. The molecule has 1 aliphatic carbocycles. The normalized spacial score (nSPS) is 16.9. The Morgan fingerprint density at radius 2 is 2.25 bits per heavy atom. The van der Waals surface area contributed by atoms with E-state index < -0.39 is 0 Å². The van der Waals surface area contributed by atoms with Crippen molar-refractivity contribution in [1.82, 2.24) is 5.32 Å². The van der Waals surface area contributed by atoms with Gasteiger partial charge in [-0.25, -0.2) is 4.39 Å². The number of nitrogens with one attached hydrogen (secondary N) is 1. The molecule has 86 valence electrons. The third-order valence-electron chi connectivity index (χ3n) is 2.77. The molecule has 0 unspecified atom stereocenters. The molecule has 2 nitrogen and oxygen atoms in total. The first kappa shape index (κ1) is 11.4. The lowest BCUT2D eigenvalue weighted by atomic mass is 10.1. The molecule has 1 saturated carbocycles. The van der Waals surface area contributed by atoms with Gasteiger partial charge in [0.1, 0.15) is 5.82 Å². The average molecular weight is 242 g/mol. The van der Waals surface area contributed by atoms with Crippen LogP contribution in [0.15, 0.2) is 24.3 Å². The number of carbonyl (C=O) groups is 1. The largest absolute Gasteiger partial charge is 0.349 e. The van der Waals surface area contributed by atoms with Crippen molar-refractivity contribution in [2.75, 3.05) is 5.88 Å². The summed E-state index contributed by atoms with van der Waals surface area (Å²) in [5, 5.41) is 2.89. The van der Waals surface area contributed by atoms with E-state index in [1.807, 2.05) is 0 Å². The van der Waals surface area contributed by atoms with E-state index in [-0.39, 0.29) is 23.7 Å². The minimum atomic E-state index is -0.316. The van der Waals surface area contributed by atoms with Crippen molar-refractivity contribution in [1.29, 1.82) is 0 Å². The highest BCUT2D eigenvalue weighted by molar-refractivity contribution is 6.19. The highest BCUT2D eigenvalue weighted by Gasteiger charge is 2.42. The molecule has 1 aliphatic rings. The molecule has 0 spiro atoms. The molecule has 0 aliphatic heterocycles. The lowest BCUT2D eigenvalue weighted by Gasteiger charge is -2.13. The monoisotopic (exact) mass is 241 g/mol. The van der Waals surface area contributed by atoms with E-state index in [0.717, 1.165) is 12.8 Å². The molecule has 1 aromatic carbocycles. The Morgan fingerprint density at radius 3 is 2.81 bits per heavy atom. The van der Waals surface area contributed by atoms with Crippen molar-refractivity contribution in [3.05, 3.63) is 35.6 Å². The summed E-state index contributed by atoms with van der Waals surface area (Å²) in [5.41, 5.74) is 0.495. The summed E-state index contributed by atoms with van der Waals surface area (Å²) in [4.78, 5) is 11.6. The molecule has 1 N–H and O–H groups in total. The zero-order valence-corrected chi connectivity index (χ0v) is 9.56. The molecule has 1 fully saturated rings. The summed E-state index contributed by atoms with van der Waals surface area (Å²) in [7, 11) is 0. The topological polar surface area (TPSA) is 29.1 Å². The number of alkyl halides is 1. The first-order valence-corrected chi connectivity index (χ1v) is 5.78. The highest BCUT2D eigenvalue weighted by atomic mass is 35.5. The Kier molecular flexibility index (Phi) is 3.15. The maximum Gasteiger partial charge on any atom is 0.224 e. The van der Waals surface area contributed by atoms with Gasteiger partial charge >= 0.3 is 0 Å². The van der Waals surface area contributed by atoms with Gasteiger partial charge in [0.2, 0.25) is 5.91 Å². The number of hydrogen-bond acceptors (Lipinski definition) is 1. The summed E-state index contributed by atoms with van der Waals surface area (Å²) < 4.78 is 12.9. The molecule has 0 atom stereocenters. The Bertz CT molecular complexity index is 404. The average Bonchev–Trinajstić information content (AvgIpc) is 2.98. The van der Waals surface area contributed by atoms with E-state index in [1.54, 1.807) is 12.1 Å². The van der Waals surface area contributed by atoms with Crippen molar-refractivity contribution >= 4 is 17.5 Å². The third-order valence-corrected chi connectivity index (χ3v) is 3.28. The SMILES string of the molecule is O=C(Cc1cccc(F)c1)NC1(CCl)CC1. The van der Waals surface area contributed by atoms with Crippen LogP contribution in [0.25, 0.3) is 0 Å². The van der Waals surface area contributed by atoms with E-state index in [0.29, 0.717) is 11.4 Å². The van der Waals surface area contributed by atoms with Crippen LogP contribution in [0.1, 0.15) is 18.4 Å². The molecule has 0 saturated heterocycles. The number of halogens is 2. The maximum atomic E-state index is 12.9. The van der Waals surface area contributed by atoms with Gasteiger partial charge in [0.15, 0.2) is 0 Å². The molecule has 4 heteroatoms. The van der Waals surface area contributed by atoms with Crippen molar-refractivity contribution in [2.24, 2.45) is 0 Å². The maximum absolute atomic E-state index is 12.9. The second kappa shape index (κ2) is 4.42. The van der Waals surface area contributed by atoms with Crippen LogP contribution in [0.2, 0.25) is 0 Å². The first-order valence-electron chi connectivity index (χ1n) is 5.25. The van der Waals surface area contributed by atoms with E-state index in [1.165, 1.54) is 12.1 Å². The minimum Gasteiger partial charge on any atom is -0.349 e. The van der Waals surface area contributed by atoms with Gasteiger partial charge in [-0.3, -0.25) is 4.79 Å². The van der Waals surface area contributed by atoms with Gasteiger partial charge in [-0.05, 0) is 30.5 Å². The fourth-order valence-corrected chi connectivity index (χ4v) is 1.95. The smallest absolute Gasteiger partial charge is 0.224 e. The van der Waals surface area contributed by atoms with Crippen LogP contribution in [0.4, 0.5) is 4.39 Å². The third kappa shape index (κ3) is 2.73. The second-order valence-corrected chi connectivity index (χ2v) is 4.54. The summed E-state index contributed by atoms with van der Waals surface area (Å²) in [6.45, 7) is 0. The van der Waals surface area contributed by atoms with Crippen LogP contribution in [-0.4, -0.2) is 17.3 Å².